The third kappa shape index (κ3) is 3.55. The van der Waals surface area contributed by atoms with E-state index < -0.39 is 0 Å². The molecule has 0 unspecified atom stereocenters. The van der Waals surface area contributed by atoms with Gasteiger partial charge in [0.05, 0.1) is 28.4 Å². The average Bonchev–Trinajstić information content (AvgIpc) is 3.22. The van der Waals surface area contributed by atoms with E-state index in [0.29, 0.717) is 39.3 Å². The van der Waals surface area contributed by atoms with Gasteiger partial charge in [0.2, 0.25) is 11.3 Å². The third-order valence-corrected chi connectivity index (χ3v) is 4.03. The molecule has 4 N–H and O–H groups in total. The van der Waals surface area contributed by atoms with Crippen molar-refractivity contribution in [3.8, 4) is 0 Å². The summed E-state index contributed by atoms with van der Waals surface area (Å²) in [6.07, 6.45) is 2.04. The van der Waals surface area contributed by atoms with E-state index in [2.05, 4.69) is 30.2 Å². The van der Waals surface area contributed by atoms with Gasteiger partial charge in [0.15, 0.2) is 5.82 Å². The normalized spacial score (nSPS) is 10.6. The lowest BCUT2D eigenvalue weighted by Crippen LogP contribution is -2.03. The van der Waals surface area contributed by atoms with Crippen molar-refractivity contribution in [1.29, 1.82) is 0 Å². The van der Waals surface area contributed by atoms with Gasteiger partial charge in [0.25, 0.3) is 0 Å². The fourth-order valence-electron chi connectivity index (χ4n) is 2.18. The number of nitrogens with zero attached hydrogens (tertiary/aromatic N) is 4. The largest absolute Gasteiger partial charge is 0.469 e. The molecule has 0 spiro atoms. The highest BCUT2D eigenvalue weighted by molar-refractivity contribution is 6.42. The van der Waals surface area contributed by atoms with Crippen molar-refractivity contribution in [2.45, 2.75) is 6.42 Å². The molecule has 0 aliphatic heterocycles. The molecule has 4 rings (SSSR count). The lowest BCUT2D eigenvalue weighted by atomic mass is 10.2. The van der Waals surface area contributed by atoms with Crippen LogP contribution in [0.1, 0.15) is 11.5 Å². The second kappa shape index (κ2) is 7.06. The van der Waals surface area contributed by atoms with Gasteiger partial charge in [-0.1, -0.05) is 23.2 Å². The molecule has 0 bridgehead atoms. The molecule has 1 aromatic carbocycles. The summed E-state index contributed by atoms with van der Waals surface area (Å²) >= 11 is 12.0. The minimum atomic E-state index is 0. The second-order valence-corrected chi connectivity index (χ2v) is 5.75. The van der Waals surface area contributed by atoms with Gasteiger partial charge in [-0.25, -0.2) is 14.6 Å². The number of hydrogen-bond donors (Lipinski definition) is 2. The molecule has 0 fully saturated rings. The van der Waals surface area contributed by atoms with Gasteiger partial charge >= 0.3 is 0 Å². The van der Waals surface area contributed by atoms with Gasteiger partial charge in [-0.2, -0.15) is 0 Å². The van der Waals surface area contributed by atoms with Gasteiger partial charge in [-0.05, 0) is 40.6 Å². The van der Waals surface area contributed by atoms with Crippen LogP contribution in [0.3, 0.4) is 0 Å². The number of hydrogen-bond acceptors (Lipinski definition) is 8. The molecule has 0 saturated heterocycles. The molecule has 0 aliphatic carbocycles. The summed E-state index contributed by atoms with van der Waals surface area (Å²) in [5, 5.41) is 11.5. The molecule has 3 heterocycles. The number of rotatable bonds is 4. The Morgan fingerprint density at radius 3 is 2.52 bits per heavy atom. The smallest absolute Gasteiger partial charge is 0.245 e. The van der Waals surface area contributed by atoms with E-state index >= 15 is 0 Å². The Kier molecular flexibility index (Phi) is 4.84. The maximum Gasteiger partial charge on any atom is 0.245 e. The number of halogens is 2. The van der Waals surface area contributed by atoms with Crippen molar-refractivity contribution in [3.05, 3.63) is 58.1 Å². The summed E-state index contributed by atoms with van der Waals surface area (Å²) in [6, 6.07) is 8.86. The first kappa shape index (κ1) is 17.2. The van der Waals surface area contributed by atoms with Crippen molar-refractivity contribution >= 4 is 46.0 Å². The Labute approximate surface area is 151 Å². The maximum absolute atomic E-state index is 6.05. The van der Waals surface area contributed by atoms with Crippen molar-refractivity contribution < 1.29 is 9.05 Å². The topological polar surface area (TPSA) is 125 Å². The van der Waals surface area contributed by atoms with E-state index in [1.54, 1.807) is 24.5 Å². The maximum atomic E-state index is 6.05. The Balaban J connectivity index is 0.00000182. The van der Waals surface area contributed by atoms with Gasteiger partial charge in [0, 0.05) is 5.69 Å². The van der Waals surface area contributed by atoms with Crippen molar-refractivity contribution in [2.75, 3.05) is 5.32 Å². The number of benzene rings is 1. The van der Waals surface area contributed by atoms with Crippen molar-refractivity contribution in [1.82, 2.24) is 26.4 Å². The molecule has 10 heteroatoms. The number of aromatic nitrogens is 4. The van der Waals surface area contributed by atoms with Crippen LogP contribution in [0.15, 0.2) is 45.6 Å². The predicted molar refractivity (Wildman–Crippen MR) is 93.7 cm³/mol. The number of furan rings is 1. The van der Waals surface area contributed by atoms with Gasteiger partial charge in [-0.15, -0.1) is 0 Å². The molecule has 0 amide bonds. The molecule has 8 nitrogen and oxygen atoms in total. The van der Waals surface area contributed by atoms with Crippen LogP contribution >= 0.6 is 23.2 Å². The van der Waals surface area contributed by atoms with Crippen LogP contribution in [-0.2, 0) is 6.42 Å². The molecular weight excluding hydrogens is 367 g/mol. The molecule has 0 saturated carbocycles. The van der Waals surface area contributed by atoms with E-state index in [4.69, 9.17) is 27.6 Å². The predicted octanol–water partition coefficient (Wildman–Crippen LogP) is 4.41. The van der Waals surface area contributed by atoms with Crippen LogP contribution in [0.2, 0.25) is 10.0 Å². The fourth-order valence-corrected chi connectivity index (χ4v) is 2.48. The summed E-state index contributed by atoms with van der Waals surface area (Å²) < 4.78 is 10.1. The summed E-state index contributed by atoms with van der Waals surface area (Å²) in [5.41, 5.74) is 1.99. The highest BCUT2D eigenvalue weighted by Gasteiger charge is 2.15. The lowest BCUT2D eigenvalue weighted by Gasteiger charge is -2.10. The van der Waals surface area contributed by atoms with Crippen molar-refractivity contribution in [2.24, 2.45) is 0 Å². The zero-order valence-corrected chi connectivity index (χ0v) is 14.3. The van der Waals surface area contributed by atoms with Crippen molar-refractivity contribution in [3.63, 3.8) is 0 Å². The molecule has 25 heavy (non-hydrogen) atoms. The van der Waals surface area contributed by atoms with E-state index in [-0.39, 0.29) is 6.15 Å². The molecule has 3 aromatic heterocycles. The summed E-state index contributed by atoms with van der Waals surface area (Å²) in [7, 11) is 0. The van der Waals surface area contributed by atoms with E-state index in [0.717, 1.165) is 11.4 Å². The highest BCUT2D eigenvalue weighted by Crippen LogP contribution is 2.28. The SMILES string of the molecule is Clc1ccc(Nc2nc3nonc3nc2Cc2ccco2)cc1Cl.N. The first-order valence-electron chi connectivity index (χ1n) is 6.93. The first-order chi connectivity index (χ1) is 11.7. The molecule has 0 atom stereocenters. The van der Waals surface area contributed by atoms with Gasteiger partial charge in [0.1, 0.15) is 5.76 Å². The zero-order chi connectivity index (χ0) is 16.5. The monoisotopic (exact) mass is 378 g/mol. The van der Waals surface area contributed by atoms with Crippen LogP contribution in [0.4, 0.5) is 11.5 Å². The Hall–Kier alpha value is -2.68. The number of nitrogens with one attached hydrogen (secondary N) is 1. The van der Waals surface area contributed by atoms with Crippen LogP contribution in [0, 0.1) is 0 Å². The fraction of sp³-hybridized carbons (Fsp3) is 0.0667. The summed E-state index contributed by atoms with van der Waals surface area (Å²) in [5.74, 6) is 1.25. The Bertz CT molecular complexity index is 1000. The standard InChI is InChI=1S/C15H9Cl2N5O2.H3N/c16-10-4-3-8(6-11(10)17)18-13-12(7-9-2-1-5-23-9)19-14-15(20-13)22-24-21-14;/h1-6H,7H2,(H,18,20,22);1H3. The molecule has 4 aromatic rings. The molecule has 0 radical (unpaired) electrons. The average molecular weight is 379 g/mol. The highest BCUT2D eigenvalue weighted by atomic mass is 35.5. The Morgan fingerprint density at radius 1 is 1.00 bits per heavy atom. The minimum absolute atomic E-state index is 0. The van der Waals surface area contributed by atoms with E-state index in [9.17, 15) is 0 Å². The molecular formula is C15H12Cl2N6O2. The Morgan fingerprint density at radius 2 is 1.80 bits per heavy atom. The van der Waals surface area contributed by atoms with Gasteiger partial charge in [-0.3, -0.25) is 0 Å². The van der Waals surface area contributed by atoms with Crippen LogP contribution in [0.25, 0.3) is 11.3 Å². The number of anilines is 2. The minimum Gasteiger partial charge on any atom is -0.469 e. The van der Waals surface area contributed by atoms with E-state index in [1.165, 1.54) is 0 Å². The van der Waals surface area contributed by atoms with Crippen LogP contribution in [-0.4, -0.2) is 20.3 Å². The van der Waals surface area contributed by atoms with E-state index in [1.807, 2.05) is 12.1 Å². The van der Waals surface area contributed by atoms with Crippen LogP contribution in [0.5, 0.6) is 0 Å². The second-order valence-electron chi connectivity index (χ2n) is 4.94. The quantitative estimate of drug-likeness (QED) is 0.534. The first-order valence-corrected chi connectivity index (χ1v) is 7.68. The zero-order valence-electron chi connectivity index (χ0n) is 12.7. The molecule has 0 aliphatic rings. The third-order valence-electron chi connectivity index (χ3n) is 3.29. The molecule has 128 valence electrons. The van der Waals surface area contributed by atoms with Crippen LogP contribution < -0.4 is 11.5 Å². The summed E-state index contributed by atoms with van der Waals surface area (Å²) in [4.78, 5) is 8.84. The van der Waals surface area contributed by atoms with Gasteiger partial charge < -0.3 is 15.9 Å². The summed E-state index contributed by atoms with van der Waals surface area (Å²) in [6.45, 7) is 0. The number of fused-ring (bicyclic) bond motifs is 1. The lowest BCUT2D eigenvalue weighted by molar-refractivity contribution is 0.314.